The molecular formula is C17H16ClFN4O5. The number of methoxy groups -OCH3 is 1. The maximum atomic E-state index is 14.5. The molecule has 2 aromatic heterocycles. The number of carboxylic acid groups (broad SMARTS) is 1. The number of hydrogen-bond donors (Lipinski definition) is 1. The fourth-order valence-corrected chi connectivity index (χ4v) is 2.89. The van der Waals surface area contributed by atoms with Gasteiger partial charge < -0.3 is 24.4 Å². The summed E-state index contributed by atoms with van der Waals surface area (Å²) in [4.78, 5) is 33.5. The molecule has 0 radical (unpaired) electrons. The van der Waals surface area contributed by atoms with E-state index in [0.29, 0.717) is 13.1 Å². The van der Waals surface area contributed by atoms with Crippen molar-refractivity contribution >= 4 is 29.5 Å². The lowest BCUT2D eigenvalue weighted by molar-refractivity contribution is 0.0600. The van der Waals surface area contributed by atoms with Gasteiger partial charge in [0, 0.05) is 38.3 Å². The number of piperazine rings is 1. The predicted octanol–water partition coefficient (Wildman–Crippen LogP) is 2.65. The second-order valence-electron chi connectivity index (χ2n) is 5.84. The van der Waals surface area contributed by atoms with E-state index >= 15 is 0 Å². The smallest absolute Gasteiger partial charge is 0.407 e. The molecule has 0 aromatic carbocycles. The Morgan fingerprint density at radius 1 is 1.21 bits per heavy atom. The van der Waals surface area contributed by atoms with E-state index in [0.717, 1.165) is 6.07 Å². The third-order valence-corrected chi connectivity index (χ3v) is 4.25. The van der Waals surface area contributed by atoms with Crippen LogP contribution in [0.2, 0.25) is 5.15 Å². The highest BCUT2D eigenvalue weighted by Crippen LogP contribution is 2.27. The Bertz CT molecular complexity index is 905. The molecule has 2 aromatic rings. The summed E-state index contributed by atoms with van der Waals surface area (Å²) in [5, 5.41) is 8.99. The van der Waals surface area contributed by atoms with E-state index in [1.165, 1.54) is 30.3 Å². The number of pyridine rings is 2. The third kappa shape index (κ3) is 4.39. The monoisotopic (exact) mass is 410 g/mol. The molecule has 0 aliphatic carbocycles. The zero-order valence-corrected chi connectivity index (χ0v) is 15.5. The number of esters is 1. The van der Waals surface area contributed by atoms with Gasteiger partial charge in [0.15, 0.2) is 17.4 Å². The Balaban J connectivity index is 1.74. The number of amides is 1. The highest BCUT2D eigenvalue weighted by molar-refractivity contribution is 6.29. The number of aromatic nitrogens is 2. The summed E-state index contributed by atoms with van der Waals surface area (Å²) >= 11 is 5.87. The SMILES string of the molecule is COC(=O)c1cc(Cl)nc(Oc2cnc(N3CCN(C(=O)O)CC3)c(F)c2)c1. The van der Waals surface area contributed by atoms with E-state index in [1.807, 2.05) is 0 Å². The van der Waals surface area contributed by atoms with Crippen LogP contribution in [0.25, 0.3) is 0 Å². The molecule has 28 heavy (non-hydrogen) atoms. The fraction of sp³-hybridized carbons (Fsp3) is 0.294. The van der Waals surface area contributed by atoms with Crippen LogP contribution < -0.4 is 9.64 Å². The molecule has 11 heteroatoms. The predicted molar refractivity (Wildman–Crippen MR) is 96.7 cm³/mol. The Hall–Kier alpha value is -3.14. The van der Waals surface area contributed by atoms with E-state index in [2.05, 4.69) is 14.7 Å². The van der Waals surface area contributed by atoms with Crippen molar-refractivity contribution in [2.45, 2.75) is 0 Å². The van der Waals surface area contributed by atoms with Crippen molar-refractivity contribution in [3.8, 4) is 11.6 Å². The van der Waals surface area contributed by atoms with Gasteiger partial charge in [-0.05, 0) is 6.07 Å². The summed E-state index contributed by atoms with van der Waals surface area (Å²) in [7, 11) is 1.23. The molecule has 1 aliphatic heterocycles. The summed E-state index contributed by atoms with van der Waals surface area (Å²) in [5.41, 5.74) is 0.138. The molecule has 1 saturated heterocycles. The van der Waals surface area contributed by atoms with Crippen LogP contribution in [0.1, 0.15) is 10.4 Å². The average Bonchev–Trinajstić information content (AvgIpc) is 2.67. The first-order chi connectivity index (χ1) is 13.4. The van der Waals surface area contributed by atoms with Gasteiger partial charge in [0.05, 0.1) is 18.9 Å². The van der Waals surface area contributed by atoms with Gasteiger partial charge in [-0.1, -0.05) is 11.6 Å². The lowest BCUT2D eigenvalue weighted by Gasteiger charge is -2.33. The van der Waals surface area contributed by atoms with Crippen molar-refractivity contribution in [3.63, 3.8) is 0 Å². The van der Waals surface area contributed by atoms with Gasteiger partial charge in [0.2, 0.25) is 5.88 Å². The minimum atomic E-state index is -1.00. The lowest BCUT2D eigenvalue weighted by atomic mass is 10.3. The van der Waals surface area contributed by atoms with Crippen LogP contribution in [-0.4, -0.2) is 65.3 Å². The minimum absolute atomic E-state index is 0.0132. The van der Waals surface area contributed by atoms with Crippen molar-refractivity contribution in [2.24, 2.45) is 0 Å². The van der Waals surface area contributed by atoms with E-state index in [1.54, 1.807) is 4.90 Å². The number of anilines is 1. The first-order valence-corrected chi connectivity index (χ1v) is 8.57. The average molecular weight is 411 g/mol. The highest BCUT2D eigenvalue weighted by Gasteiger charge is 2.23. The van der Waals surface area contributed by atoms with Crippen LogP contribution in [0, 0.1) is 5.82 Å². The molecule has 0 saturated carbocycles. The molecule has 0 spiro atoms. The van der Waals surface area contributed by atoms with Gasteiger partial charge in [-0.15, -0.1) is 0 Å². The minimum Gasteiger partial charge on any atom is -0.465 e. The van der Waals surface area contributed by atoms with E-state index in [9.17, 15) is 14.0 Å². The second-order valence-corrected chi connectivity index (χ2v) is 6.23. The van der Waals surface area contributed by atoms with Crippen LogP contribution in [0.4, 0.5) is 15.0 Å². The number of nitrogens with zero attached hydrogens (tertiary/aromatic N) is 4. The Labute approximate surface area is 164 Å². The largest absolute Gasteiger partial charge is 0.465 e. The summed E-state index contributed by atoms with van der Waals surface area (Å²) < 4.78 is 24.6. The van der Waals surface area contributed by atoms with E-state index < -0.39 is 17.9 Å². The highest BCUT2D eigenvalue weighted by atomic mass is 35.5. The van der Waals surface area contributed by atoms with Crippen LogP contribution >= 0.6 is 11.6 Å². The number of hydrogen-bond acceptors (Lipinski definition) is 7. The van der Waals surface area contributed by atoms with Gasteiger partial charge in [-0.2, -0.15) is 0 Å². The number of ether oxygens (including phenoxy) is 2. The summed E-state index contributed by atoms with van der Waals surface area (Å²) in [5.74, 6) is -1.09. The van der Waals surface area contributed by atoms with Crippen molar-refractivity contribution < 1.29 is 28.6 Å². The number of carbonyl (C=O) groups is 2. The molecule has 1 amide bonds. The lowest BCUT2D eigenvalue weighted by Crippen LogP contribution is -2.48. The topological polar surface area (TPSA) is 105 Å². The fourth-order valence-electron chi connectivity index (χ4n) is 2.69. The number of carbonyl (C=O) groups excluding carboxylic acids is 1. The van der Waals surface area contributed by atoms with Crippen molar-refractivity contribution in [1.29, 1.82) is 0 Å². The number of rotatable bonds is 4. The van der Waals surface area contributed by atoms with Crippen LogP contribution in [0.5, 0.6) is 11.6 Å². The van der Waals surface area contributed by atoms with Crippen molar-refractivity contribution in [2.75, 3.05) is 38.2 Å². The molecular weight excluding hydrogens is 395 g/mol. The molecule has 1 N–H and O–H groups in total. The van der Waals surface area contributed by atoms with Crippen LogP contribution in [0.15, 0.2) is 24.4 Å². The van der Waals surface area contributed by atoms with Gasteiger partial charge in [-0.3, -0.25) is 0 Å². The summed E-state index contributed by atoms with van der Waals surface area (Å²) in [6.07, 6.45) is 0.305. The number of halogens is 2. The van der Waals surface area contributed by atoms with Gasteiger partial charge in [-0.25, -0.2) is 23.9 Å². The molecule has 1 aliphatic rings. The molecule has 148 valence electrons. The van der Waals surface area contributed by atoms with Crippen LogP contribution in [-0.2, 0) is 4.74 Å². The van der Waals surface area contributed by atoms with Crippen LogP contribution in [0.3, 0.4) is 0 Å². The van der Waals surface area contributed by atoms with Crippen molar-refractivity contribution in [1.82, 2.24) is 14.9 Å². The standard InChI is InChI=1S/C17H16ClFN4O5/c1-27-16(24)10-6-13(18)21-14(7-10)28-11-8-12(19)15(20-9-11)22-2-4-23(5-3-22)17(25)26/h6-9H,2-5H2,1H3,(H,25,26). The Morgan fingerprint density at radius 2 is 1.93 bits per heavy atom. The van der Waals surface area contributed by atoms with Crippen molar-refractivity contribution in [3.05, 3.63) is 40.9 Å². The van der Waals surface area contributed by atoms with E-state index in [-0.39, 0.29) is 41.3 Å². The molecule has 0 atom stereocenters. The molecule has 3 heterocycles. The van der Waals surface area contributed by atoms with E-state index in [4.69, 9.17) is 21.4 Å². The molecule has 1 fully saturated rings. The molecule has 3 rings (SSSR count). The first-order valence-electron chi connectivity index (χ1n) is 8.19. The molecule has 9 nitrogen and oxygen atoms in total. The van der Waals surface area contributed by atoms with Gasteiger partial charge in [0.1, 0.15) is 5.15 Å². The Morgan fingerprint density at radius 3 is 2.54 bits per heavy atom. The third-order valence-electron chi connectivity index (χ3n) is 4.06. The quantitative estimate of drug-likeness (QED) is 0.605. The first kappa shape index (κ1) is 19.6. The summed E-state index contributed by atoms with van der Waals surface area (Å²) in [6, 6.07) is 3.76. The zero-order chi connectivity index (χ0) is 20.3. The zero-order valence-electron chi connectivity index (χ0n) is 14.8. The summed E-state index contributed by atoms with van der Waals surface area (Å²) in [6.45, 7) is 1.18. The molecule has 0 unspecified atom stereocenters. The van der Waals surface area contributed by atoms with Gasteiger partial charge in [0.25, 0.3) is 0 Å². The maximum Gasteiger partial charge on any atom is 0.407 e. The molecule has 0 bridgehead atoms. The maximum absolute atomic E-state index is 14.5. The van der Waals surface area contributed by atoms with Gasteiger partial charge >= 0.3 is 12.1 Å². The normalized spacial score (nSPS) is 14.0. The second kappa shape index (κ2) is 8.26. The Kier molecular flexibility index (Phi) is 5.78.